The zero-order valence-corrected chi connectivity index (χ0v) is 39.1. The maximum absolute atomic E-state index is 12.8. The Balaban J connectivity index is 4.52. The van der Waals surface area contributed by atoms with Crippen molar-refractivity contribution < 1.29 is 28.6 Å². The van der Waals surface area contributed by atoms with E-state index in [-0.39, 0.29) is 31.1 Å². The van der Waals surface area contributed by atoms with Crippen LogP contribution >= 0.6 is 0 Å². The molecule has 0 amide bonds. The van der Waals surface area contributed by atoms with Gasteiger partial charge in [0.2, 0.25) is 0 Å². The number of hydrogen-bond acceptors (Lipinski definition) is 6. The van der Waals surface area contributed by atoms with Crippen molar-refractivity contribution in [3.05, 3.63) is 109 Å². The zero-order chi connectivity index (χ0) is 44.4. The molecule has 0 rings (SSSR count). The molecular formula is C55H88O6. The lowest BCUT2D eigenvalue weighted by atomic mass is 10.1. The first-order chi connectivity index (χ1) is 30.0. The number of carbonyl (C=O) groups excluding carboxylic acids is 3. The summed E-state index contributed by atoms with van der Waals surface area (Å²) in [5.41, 5.74) is 0. The lowest BCUT2D eigenvalue weighted by Crippen LogP contribution is -2.30. The van der Waals surface area contributed by atoms with Crippen LogP contribution in [-0.4, -0.2) is 37.2 Å². The fraction of sp³-hybridized carbons (Fsp3) is 0.618. The number of allylic oxidation sites excluding steroid dienone is 18. The molecule has 1 unspecified atom stereocenters. The Kier molecular flexibility index (Phi) is 45.6. The third-order valence-corrected chi connectivity index (χ3v) is 9.92. The molecule has 1 atom stereocenters. The maximum atomic E-state index is 12.8. The van der Waals surface area contributed by atoms with Gasteiger partial charge in [-0.3, -0.25) is 14.4 Å². The highest BCUT2D eigenvalue weighted by Gasteiger charge is 2.19. The third-order valence-electron chi connectivity index (χ3n) is 9.92. The van der Waals surface area contributed by atoms with E-state index in [1.165, 1.54) is 64.2 Å². The summed E-state index contributed by atoms with van der Waals surface area (Å²) in [6.45, 7) is 6.34. The Hall–Kier alpha value is -3.93. The summed E-state index contributed by atoms with van der Waals surface area (Å²) in [5.74, 6) is -0.979. The highest BCUT2D eigenvalue weighted by Crippen LogP contribution is 2.13. The van der Waals surface area contributed by atoms with Gasteiger partial charge in [0.15, 0.2) is 6.10 Å². The second-order valence-corrected chi connectivity index (χ2v) is 15.8. The van der Waals surface area contributed by atoms with Crippen LogP contribution in [0.3, 0.4) is 0 Å². The van der Waals surface area contributed by atoms with Crippen molar-refractivity contribution in [2.24, 2.45) is 0 Å². The summed E-state index contributed by atoms with van der Waals surface area (Å²) in [6.07, 6.45) is 64.9. The number of hydrogen-bond donors (Lipinski definition) is 0. The molecule has 6 heteroatoms. The largest absolute Gasteiger partial charge is 0.462 e. The Morgan fingerprint density at radius 1 is 0.344 bits per heavy atom. The summed E-state index contributed by atoms with van der Waals surface area (Å²) in [6, 6.07) is 0. The third kappa shape index (κ3) is 47.0. The highest BCUT2D eigenvalue weighted by atomic mass is 16.6. The SMILES string of the molecule is CC\C=C/C=C\C=C/C=C\C=C\C=C/CCCCCC(=O)OCC(COC(=O)CCCCCCC/C=C\CCCC)OC(=O)CCCCCCCC/C=C\C=C/CCCCC. The Morgan fingerprint density at radius 2 is 0.672 bits per heavy atom. The number of ether oxygens (including phenoxy) is 3. The molecule has 0 bridgehead atoms. The summed E-state index contributed by atoms with van der Waals surface area (Å²) >= 11 is 0. The molecule has 0 aliphatic rings. The van der Waals surface area contributed by atoms with Gasteiger partial charge in [-0.25, -0.2) is 0 Å². The minimum atomic E-state index is -0.807. The van der Waals surface area contributed by atoms with Crippen LogP contribution in [0.1, 0.15) is 201 Å². The molecule has 6 nitrogen and oxygen atoms in total. The molecule has 0 fully saturated rings. The van der Waals surface area contributed by atoms with Crippen LogP contribution in [0.2, 0.25) is 0 Å². The van der Waals surface area contributed by atoms with E-state index in [9.17, 15) is 14.4 Å². The molecule has 61 heavy (non-hydrogen) atoms. The van der Waals surface area contributed by atoms with Gasteiger partial charge in [-0.05, 0) is 83.5 Å². The lowest BCUT2D eigenvalue weighted by molar-refractivity contribution is -0.167. The second kappa shape index (κ2) is 48.7. The number of rotatable bonds is 42. The van der Waals surface area contributed by atoms with E-state index < -0.39 is 6.10 Å². The number of unbranched alkanes of at least 4 members (excludes halogenated alkanes) is 19. The summed E-state index contributed by atoms with van der Waals surface area (Å²) < 4.78 is 16.7. The second-order valence-electron chi connectivity index (χ2n) is 15.8. The quantitative estimate of drug-likeness (QED) is 0.0200. The lowest BCUT2D eigenvalue weighted by Gasteiger charge is -2.18. The van der Waals surface area contributed by atoms with Gasteiger partial charge in [0.05, 0.1) is 0 Å². The molecule has 0 heterocycles. The van der Waals surface area contributed by atoms with Crippen LogP contribution in [0.25, 0.3) is 0 Å². The van der Waals surface area contributed by atoms with Crippen molar-refractivity contribution in [3.63, 3.8) is 0 Å². The molecule has 0 aliphatic heterocycles. The standard InChI is InChI=1S/C55H88O6/c1-4-7-10-13-16-19-22-24-26-27-29-30-33-36-39-42-45-48-54(57)60-51-52(50-59-53(56)47-44-41-38-35-32-21-18-15-12-9-6-3)61-55(58)49-46-43-40-37-34-31-28-25-23-20-17-14-11-8-5-2/h7,10,13,15-20,22-27,29-30,33,52H,4-6,8-9,11-12,14,21,28,31-32,34-51H2,1-3H3/b10-7-,16-13-,18-15-,20-17-,22-19-,25-23-,26-24-,29-27+,33-30-. The summed E-state index contributed by atoms with van der Waals surface area (Å²) in [4.78, 5) is 37.9. The molecule has 0 saturated heterocycles. The molecule has 0 aromatic carbocycles. The van der Waals surface area contributed by atoms with Crippen LogP contribution in [0.4, 0.5) is 0 Å². The molecule has 0 radical (unpaired) electrons. The number of esters is 3. The van der Waals surface area contributed by atoms with Gasteiger partial charge in [0.25, 0.3) is 0 Å². The van der Waals surface area contributed by atoms with Gasteiger partial charge in [-0.1, -0.05) is 207 Å². The van der Waals surface area contributed by atoms with Gasteiger partial charge in [-0.2, -0.15) is 0 Å². The van der Waals surface area contributed by atoms with Gasteiger partial charge >= 0.3 is 17.9 Å². The van der Waals surface area contributed by atoms with E-state index in [1.807, 2.05) is 60.8 Å². The van der Waals surface area contributed by atoms with Gasteiger partial charge < -0.3 is 14.2 Å². The molecule has 344 valence electrons. The predicted molar refractivity (Wildman–Crippen MR) is 260 cm³/mol. The van der Waals surface area contributed by atoms with Crippen LogP contribution < -0.4 is 0 Å². The molecule has 0 aliphatic carbocycles. The highest BCUT2D eigenvalue weighted by molar-refractivity contribution is 5.71. The van der Waals surface area contributed by atoms with Crippen LogP contribution in [0.15, 0.2) is 109 Å². The van der Waals surface area contributed by atoms with E-state index in [4.69, 9.17) is 14.2 Å². The average molecular weight is 845 g/mol. The topological polar surface area (TPSA) is 78.9 Å². The van der Waals surface area contributed by atoms with E-state index in [0.717, 1.165) is 96.3 Å². The van der Waals surface area contributed by atoms with Crippen molar-refractivity contribution in [2.45, 2.75) is 207 Å². The van der Waals surface area contributed by atoms with Gasteiger partial charge in [0.1, 0.15) is 13.2 Å². The van der Waals surface area contributed by atoms with Crippen molar-refractivity contribution in [1.82, 2.24) is 0 Å². The summed E-state index contributed by atoms with van der Waals surface area (Å²) in [7, 11) is 0. The van der Waals surface area contributed by atoms with Crippen molar-refractivity contribution in [2.75, 3.05) is 13.2 Å². The fourth-order valence-electron chi connectivity index (χ4n) is 6.21. The van der Waals surface area contributed by atoms with E-state index in [0.29, 0.717) is 19.3 Å². The Labute approximate surface area is 374 Å². The first-order valence-corrected chi connectivity index (χ1v) is 24.5. The Morgan fingerprint density at radius 3 is 1.13 bits per heavy atom. The Bertz CT molecular complexity index is 1290. The van der Waals surface area contributed by atoms with Gasteiger partial charge in [-0.15, -0.1) is 0 Å². The van der Waals surface area contributed by atoms with Crippen molar-refractivity contribution in [3.8, 4) is 0 Å². The van der Waals surface area contributed by atoms with E-state index in [2.05, 4.69) is 69.4 Å². The minimum absolute atomic E-state index is 0.104. The van der Waals surface area contributed by atoms with Crippen molar-refractivity contribution >= 4 is 17.9 Å². The van der Waals surface area contributed by atoms with E-state index >= 15 is 0 Å². The number of carbonyl (C=O) groups is 3. The average Bonchev–Trinajstić information content (AvgIpc) is 3.26. The first kappa shape index (κ1) is 57.1. The zero-order valence-electron chi connectivity index (χ0n) is 39.1. The van der Waals surface area contributed by atoms with E-state index in [1.54, 1.807) is 0 Å². The fourth-order valence-corrected chi connectivity index (χ4v) is 6.21. The molecule has 0 saturated carbocycles. The molecule has 0 aromatic heterocycles. The molecular weight excluding hydrogens is 757 g/mol. The smallest absolute Gasteiger partial charge is 0.306 e. The minimum Gasteiger partial charge on any atom is -0.462 e. The molecule has 0 aromatic rings. The first-order valence-electron chi connectivity index (χ1n) is 24.5. The molecule has 0 N–H and O–H groups in total. The predicted octanol–water partition coefficient (Wildman–Crippen LogP) is 16.0. The molecule has 0 spiro atoms. The monoisotopic (exact) mass is 845 g/mol. The van der Waals surface area contributed by atoms with Crippen LogP contribution in [0.5, 0.6) is 0 Å². The maximum Gasteiger partial charge on any atom is 0.306 e. The van der Waals surface area contributed by atoms with Crippen LogP contribution in [0, 0.1) is 0 Å². The van der Waals surface area contributed by atoms with Crippen molar-refractivity contribution in [1.29, 1.82) is 0 Å². The summed E-state index contributed by atoms with van der Waals surface area (Å²) in [5, 5.41) is 0. The van der Waals surface area contributed by atoms with Gasteiger partial charge in [0, 0.05) is 19.3 Å². The normalized spacial score (nSPS) is 13.0. The van der Waals surface area contributed by atoms with Crippen LogP contribution in [-0.2, 0) is 28.6 Å².